The highest BCUT2D eigenvalue weighted by atomic mass is 16.2. The van der Waals surface area contributed by atoms with Gasteiger partial charge < -0.3 is 4.90 Å². The van der Waals surface area contributed by atoms with E-state index in [0.29, 0.717) is 25.2 Å². The number of nitrogens with zero attached hydrogens (tertiary/aromatic N) is 6. The van der Waals surface area contributed by atoms with Crippen molar-refractivity contribution in [2.45, 2.75) is 66.2 Å². The number of rotatable bonds is 5. The molecule has 0 saturated carbocycles. The molecule has 38 heavy (non-hydrogen) atoms. The molecule has 3 aromatic rings. The highest BCUT2D eigenvalue weighted by Crippen LogP contribution is 2.40. The predicted octanol–water partition coefficient (Wildman–Crippen LogP) is 5.53. The zero-order valence-electron chi connectivity index (χ0n) is 23.6. The van der Waals surface area contributed by atoms with E-state index in [-0.39, 0.29) is 22.9 Å². The van der Waals surface area contributed by atoms with Crippen LogP contribution in [0.1, 0.15) is 52.8 Å². The van der Waals surface area contributed by atoms with E-state index in [2.05, 4.69) is 69.2 Å². The van der Waals surface area contributed by atoms with Crippen molar-refractivity contribution < 1.29 is 4.79 Å². The SMILES string of the molecule is CN(C/C=C/C(=O)N1Cc2c(-c3ccncc3)c(-c3cccc(C#N)c3)nn2C[C@@H]1C(C)(C)C)C(C)(C)C. The van der Waals surface area contributed by atoms with Crippen LogP contribution >= 0.6 is 0 Å². The van der Waals surface area contributed by atoms with Gasteiger partial charge in [0.2, 0.25) is 5.91 Å². The van der Waals surface area contributed by atoms with E-state index in [9.17, 15) is 10.1 Å². The maximum atomic E-state index is 13.6. The third-order valence-electron chi connectivity index (χ3n) is 7.40. The summed E-state index contributed by atoms with van der Waals surface area (Å²) in [6.07, 6.45) is 7.22. The molecule has 1 amide bonds. The maximum Gasteiger partial charge on any atom is 0.246 e. The standard InChI is InChI=1S/C31H38N6O/c1-30(2,3)26-21-37-25(20-36(26)27(38)12-9-17-35(7)31(4,5)6)28(23-13-15-33-16-14-23)29(34-37)24-11-8-10-22(18-24)19-32/h8-16,18,26H,17,20-21H2,1-7H3/b12-9+/t26-/m1/s1. The summed E-state index contributed by atoms with van der Waals surface area (Å²) in [6, 6.07) is 13.7. The van der Waals surface area contributed by atoms with Crippen molar-refractivity contribution in [3.63, 3.8) is 0 Å². The molecule has 1 aliphatic heterocycles. The summed E-state index contributed by atoms with van der Waals surface area (Å²) < 4.78 is 2.06. The molecule has 1 atom stereocenters. The quantitative estimate of drug-likeness (QED) is 0.422. The topological polar surface area (TPSA) is 78.1 Å². The van der Waals surface area contributed by atoms with Gasteiger partial charge in [-0.25, -0.2) is 0 Å². The second-order valence-corrected chi connectivity index (χ2v) is 12.1. The Bertz CT molecular complexity index is 1370. The van der Waals surface area contributed by atoms with Gasteiger partial charge in [-0.15, -0.1) is 0 Å². The molecule has 4 rings (SSSR count). The number of amides is 1. The summed E-state index contributed by atoms with van der Waals surface area (Å²) in [5.41, 5.74) is 5.11. The van der Waals surface area contributed by atoms with Crippen molar-refractivity contribution in [3.8, 4) is 28.5 Å². The molecule has 2 aromatic heterocycles. The first-order chi connectivity index (χ1) is 17.9. The largest absolute Gasteiger partial charge is 0.328 e. The molecule has 7 heteroatoms. The predicted molar refractivity (Wildman–Crippen MR) is 151 cm³/mol. The van der Waals surface area contributed by atoms with Crippen LogP contribution in [0.3, 0.4) is 0 Å². The monoisotopic (exact) mass is 510 g/mol. The van der Waals surface area contributed by atoms with E-state index in [4.69, 9.17) is 5.10 Å². The minimum Gasteiger partial charge on any atom is -0.328 e. The highest BCUT2D eigenvalue weighted by molar-refractivity contribution is 5.89. The highest BCUT2D eigenvalue weighted by Gasteiger charge is 2.39. The Kier molecular flexibility index (Phi) is 7.57. The summed E-state index contributed by atoms with van der Waals surface area (Å²) in [6.45, 7) is 14.7. The average Bonchev–Trinajstić information content (AvgIpc) is 3.26. The summed E-state index contributed by atoms with van der Waals surface area (Å²) in [7, 11) is 2.07. The molecule has 0 bridgehead atoms. The van der Waals surface area contributed by atoms with Crippen LogP contribution in [0.4, 0.5) is 0 Å². The fourth-order valence-corrected chi connectivity index (χ4v) is 4.76. The molecular weight excluding hydrogens is 472 g/mol. The van der Waals surface area contributed by atoms with Crippen molar-refractivity contribution in [1.29, 1.82) is 5.26 Å². The Hall–Kier alpha value is -3.76. The molecule has 198 valence electrons. The van der Waals surface area contributed by atoms with Crippen LogP contribution in [0.15, 0.2) is 60.9 Å². The van der Waals surface area contributed by atoms with Gasteiger partial charge in [0, 0.05) is 41.7 Å². The summed E-state index contributed by atoms with van der Waals surface area (Å²) in [5, 5.41) is 14.6. The normalized spacial score (nSPS) is 16.1. The lowest BCUT2D eigenvalue weighted by atomic mass is 9.84. The van der Waals surface area contributed by atoms with Gasteiger partial charge in [0.25, 0.3) is 0 Å². The lowest BCUT2D eigenvalue weighted by molar-refractivity contribution is -0.133. The molecule has 0 spiro atoms. The van der Waals surface area contributed by atoms with Crippen LogP contribution in [0.5, 0.6) is 0 Å². The summed E-state index contributed by atoms with van der Waals surface area (Å²) >= 11 is 0. The van der Waals surface area contributed by atoms with Gasteiger partial charge in [0.1, 0.15) is 5.69 Å². The number of aromatic nitrogens is 3. The number of pyridine rings is 1. The minimum atomic E-state index is -0.146. The summed E-state index contributed by atoms with van der Waals surface area (Å²) in [5.74, 6) is 0.00777. The number of hydrogen-bond acceptors (Lipinski definition) is 5. The molecule has 7 nitrogen and oxygen atoms in total. The Morgan fingerprint density at radius 3 is 2.47 bits per heavy atom. The van der Waals surface area contributed by atoms with Crippen LogP contribution in [0.2, 0.25) is 0 Å². The lowest BCUT2D eigenvalue weighted by Gasteiger charge is -2.43. The number of benzene rings is 1. The second-order valence-electron chi connectivity index (χ2n) is 12.1. The number of fused-ring (bicyclic) bond motifs is 1. The minimum absolute atomic E-state index is 0.00777. The number of carbonyl (C=O) groups is 1. The Labute approximate surface area is 226 Å². The van der Waals surface area contributed by atoms with E-state index in [0.717, 1.165) is 28.1 Å². The van der Waals surface area contributed by atoms with Crippen molar-refractivity contribution >= 4 is 5.91 Å². The number of nitriles is 1. The van der Waals surface area contributed by atoms with Crippen LogP contribution in [0, 0.1) is 16.7 Å². The Balaban J connectivity index is 1.78. The van der Waals surface area contributed by atoms with Gasteiger partial charge in [-0.05, 0) is 63.1 Å². The van der Waals surface area contributed by atoms with Gasteiger partial charge in [-0.3, -0.25) is 19.4 Å². The molecule has 0 saturated heterocycles. The van der Waals surface area contributed by atoms with Gasteiger partial charge in [-0.1, -0.05) is 39.0 Å². The fourth-order valence-electron chi connectivity index (χ4n) is 4.76. The first-order valence-corrected chi connectivity index (χ1v) is 13.1. The molecule has 0 radical (unpaired) electrons. The van der Waals surface area contributed by atoms with Crippen molar-refractivity contribution in [1.82, 2.24) is 24.6 Å². The van der Waals surface area contributed by atoms with E-state index < -0.39 is 0 Å². The second kappa shape index (κ2) is 10.5. The molecule has 0 fully saturated rings. The van der Waals surface area contributed by atoms with Crippen LogP contribution in [-0.4, -0.2) is 55.6 Å². The lowest BCUT2D eigenvalue weighted by Crippen LogP contribution is -2.52. The van der Waals surface area contributed by atoms with Crippen LogP contribution in [0.25, 0.3) is 22.4 Å². The molecule has 0 aliphatic carbocycles. The number of hydrogen-bond donors (Lipinski definition) is 0. The van der Waals surface area contributed by atoms with Gasteiger partial charge in [-0.2, -0.15) is 10.4 Å². The van der Waals surface area contributed by atoms with Crippen LogP contribution < -0.4 is 0 Å². The van der Waals surface area contributed by atoms with Gasteiger partial charge in [0.05, 0.1) is 36.5 Å². The maximum absolute atomic E-state index is 13.6. The van der Waals surface area contributed by atoms with Crippen molar-refractivity contribution in [2.75, 3.05) is 13.6 Å². The first-order valence-electron chi connectivity index (χ1n) is 13.1. The molecular formula is C31H38N6O. The molecule has 1 aliphatic rings. The molecule has 0 N–H and O–H groups in total. The van der Waals surface area contributed by atoms with E-state index in [1.165, 1.54) is 0 Å². The third kappa shape index (κ3) is 5.71. The Morgan fingerprint density at radius 2 is 1.84 bits per heavy atom. The first kappa shape index (κ1) is 27.3. The third-order valence-corrected chi connectivity index (χ3v) is 7.40. The van der Waals surface area contributed by atoms with Crippen molar-refractivity contribution in [2.24, 2.45) is 5.41 Å². The smallest absolute Gasteiger partial charge is 0.246 e. The van der Waals surface area contributed by atoms with E-state index in [1.54, 1.807) is 24.5 Å². The number of carbonyl (C=O) groups excluding carboxylic acids is 1. The zero-order chi connectivity index (χ0) is 27.7. The fraction of sp³-hybridized carbons (Fsp3) is 0.419. The van der Waals surface area contributed by atoms with E-state index >= 15 is 0 Å². The van der Waals surface area contributed by atoms with Crippen LogP contribution in [-0.2, 0) is 17.9 Å². The molecule has 1 aromatic carbocycles. The average molecular weight is 511 g/mol. The summed E-state index contributed by atoms with van der Waals surface area (Å²) in [4.78, 5) is 22.1. The molecule has 0 unspecified atom stereocenters. The molecule has 3 heterocycles. The van der Waals surface area contributed by atoms with Gasteiger partial charge in [0.15, 0.2) is 0 Å². The number of likely N-dealkylation sites (N-methyl/N-ethyl adjacent to an activating group) is 1. The van der Waals surface area contributed by atoms with Gasteiger partial charge >= 0.3 is 0 Å². The van der Waals surface area contributed by atoms with E-state index in [1.807, 2.05) is 41.3 Å². The Morgan fingerprint density at radius 1 is 1.13 bits per heavy atom. The van der Waals surface area contributed by atoms with Crippen molar-refractivity contribution in [3.05, 3.63) is 72.2 Å². The zero-order valence-corrected chi connectivity index (χ0v) is 23.6.